The minimum absolute atomic E-state index is 0.0118. The summed E-state index contributed by atoms with van der Waals surface area (Å²) in [6, 6.07) is 11.8. The fourth-order valence-electron chi connectivity index (χ4n) is 5.15. The van der Waals surface area contributed by atoms with E-state index in [9.17, 15) is 38.3 Å². The largest absolute Gasteiger partial charge is 0.424 e. The summed E-state index contributed by atoms with van der Waals surface area (Å²) in [4.78, 5) is 73.5. The highest BCUT2D eigenvalue weighted by Crippen LogP contribution is 2.61. The molecule has 2 heterocycles. The zero-order chi connectivity index (χ0) is 34.9. The second-order valence-corrected chi connectivity index (χ2v) is 15.7. The van der Waals surface area contributed by atoms with Crippen molar-refractivity contribution in [3.8, 4) is 17.0 Å². The third kappa shape index (κ3) is 11.0. The molecule has 14 nitrogen and oxygen atoms in total. The van der Waals surface area contributed by atoms with E-state index in [-0.39, 0.29) is 28.9 Å². The number of benzene rings is 2. The van der Waals surface area contributed by atoms with Gasteiger partial charge in [-0.1, -0.05) is 42.8 Å². The Morgan fingerprint density at radius 3 is 2.48 bits per heavy atom. The molecule has 1 saturated heterocycles. The zero-order valence-electron chi connectivity index (χ0n) is 26.0. The Bertz CT molecular complexity index is 1700. The average Bonchev–Trinajstić information content (AvgIpc) is 3.03. The van der Waals surface area contributed by atoms with Gasteiger partial charge in [0.05, 0.1) is 29.0 Å². The lowest BCUT2D eigenvalue weighted by molar-refractivity contribution is -0.134. The van der Waals surface area contributed by atoms with Crippen LogP contribution in [0.15, 0.2) is 61.3 Å². The first-order valence-corrected chi connectivity index (χ1v) is 18.9. The summed E-state index contributed by atoms with van der Waals surface area (Å²) in [6.45, 7) is 6.92. The van der Waals surface area contributed by atoms with Gasteiger partial charge in [0.15, 0.2) is 16.9 Å². The molecular formula is C31H38ClN5O9P2. The molecule has 4 rings (SSSR count). The Morgan fingerprint density at radius 2 is 1.79 bits per heavy atom. The monoisotopic (exact) mass is 721 g/mol. The number of allylic oxidation sites excluding steroid dienone is 1. The molecule has 1 aliphatic rings. The van der Waals surface area contributed by atoms with E-state index in [2.05, 4.69) is 32.1 Å². The van der Waals surface area contributed by atoms with Crippen molar-refractivity contribution < 1.29 is 43.0 Å². The van der Waals surface area contributed by atoms with Crippen molar-refractivity contribution in [2.75, 3.05) is 36.8 Å². The van der Waals surface area contributed by atoms with Crippen molar-refractivity contribution in [3.63, 3.8) is 0 Å². The van der Waals surface area contributed by atoms with Gasteiger partial charge in [0.25, 0.3) is 0 Å². The molecule has 6 N–H and O–H groups in total. The molecule has 0 atom stereocenters. The van der Waals surface area contributed by atoms with Crippen molar-refractivity contribution >= 4 is 55.9 Å². The maximum absolute atomic E-state index is 12.7. The predicted octanol–water partition coefficient (Wildman–Crippen LogP) is 5.10. The van der Waals surface area contributed by atoms with Crippen LogP contribution in [-0.2, 0) is 25.1 Å². The molecule has 258 valence electrons. The Labute approximate surface area is 282 Å². The highest BCUT2D eigenvalue weighted by Gasteiger charge is 2.45. The van der Waals surface area contributed by atoms with E-state index < -0.39 is 33.0 Å². The van der Waals surface area contributed by atoms with Crippen LogP contribution in [0.5, 0.6) is 5.75 Å². The minimum atomic E-state index is -5.33. The molecule has 0 bridgehead atoms. The fourth-order valence-corrected chi connectivity index (χ4v) is 7.69. The fraction of sp³-hybridized carbons (Fsp3) is 0.355. The lowest BCUT2D eigenvalue weighted by atomic mass is 10.0. The topological polar surface area (TPSA) is 212 Å². The number of halogens is 1. The molecule has 3 aromatic rings. The molecule has 48 heavy (non-hydrogen) atoms. The molecule has 0 spiro atoms. The second-order valence-electron chi connectivity index (χ2n) is 11.3. The summed E-state index contributed by atoms with van der Waals surface area (Å²) in [6.07, 6.45) is 5.96. The van der Waals surface area contributed by atoms with E-state index in [0.29, 0.717) is 29.2 Å². The smallest absolute Gasteiger partial charge is 0.341 e. The van der Waals surface area contributed by atoms with E-state index in [0.717, 1.165) is 44.5 Å². The van der Waals surface area contributed by atoms with Gasteiger partial charge in [-0.15, -0.1) is 0 Å². The number of nitrogens with one attached hydrogen (secondary N) is 2. The molecule has 1 aliphatic heterocycles. The number of rotatable bonds is 16. The lowest BCUT2D eigenvalue weighted by Gasteiger charge is -2.26. The zero-order valence-corrected chi connectivity index (χ0v) is 28.5. The first-order chi connectivity index (χ1) is 22.7. The summed E-state index contributed by atoms with van der Waals surface area (Å²) >= 11 is 6.44. The molecule has 0 amide bonds. The number of anilines is 3. The molecule has 2 aromatic carbocycles. The van der Waals surface area contributed by atoms with E-state index in [1.807, 2.05) is 6.07 Å². The van der Waals surface area contributed by atoms with Crippen LogP contribution in [0.4, 0.5) is 17.3 Å². The number of carbonyl (C=O) groups excluding carboxylic acids is 2. The van der Waals surface area contributed by atoms with Crippen molar-refractivity contribution in [2.24, 2.45) is 0 Å². The summed E-state index contributed by atoms with van der Waals surface area (Å²) in [5.74, 6) is -1.18. The maximum Gasteiger partial charge on any atom is 0.341 e. The SMILES string of the molecule is C=CC(=O)Cc1cccc(-c2nc(Nc3ccc(OC(=O)CC(P(=O)(O)O)P(=O)(O)O)c(NCCCN4CCCCC4)c3)ncc2Cl)c1. The highest BCUT2D eigenvalue weighted by molar-refractivity contribution is 7.70. The third-order valence-electron chi connectivity index (χ3n) is 7.55. The number of hydrogen-bond donors (Lipinski definition) is 6. The van der Waals surface area contributed by atoms with Gasteiger partial charge < -0.3 is 39.8 Å². The van der Waals surface area contributed by atoms with Crippen molar-refractivity contribution in [1.29, 1.82) is 0 Å². The number of esters is 1. The minimum Gasteiger partial charge on any atom is -0.424 e. The first-order valence-electron chi connectivity index (χ1n) is 15.2. The predicted molar refractivity (Wildman–Crippen MR) is 183 cm³/mol. The van der Waals surface area contributed by atoms with Gasteiger partial charge in [0.1, 0.15) is 0 Å². The van der Waals surface area contributed by atoms with E-state index >= 15 is 0 Å². The van der Waals surface area contributed by atoms with Crippen LogP contribution in [0.3, 0.4) is 0 Å². The van der Waals surface area contributed by atoms with Crippen LogP contribution in [0, 0.1) is 0 Å². The molecule has 0 aliphatic carbocycles. The molecule has 1 fully saturated rings. The Hall–Kier alpha value is -3.45. The Balaban J connectivity index is 1.55. The number of piperidine rings is 1. The third-order valence-corrected chi connectivity index (χ3v) is 11.6. The maximum atomic E-state index is 12.7. The number of ether oxygens (including phenoxy) is 1. The first kappa shape index (κ1) is 37.4. The lowest BCUT2D eigenvalue weighted by Crippen LogP contribution is -2.31. The molecule has 0 saturated carbocycles. The van der Waals surface area contributed by atoms with E-state index in [1.165, 1.54) is 24.8 Å². The molecule has 0 radical (unpaired) electrons. The van der Waals surface area contributed by atoms with Crippen LogP contribution >= 0.6 is 26.8 Å². The van der Waals surface area contributed by atoms with Gasteiger partial charge >= 0.3 is 21.2 Å². The van der Waals surface area contributed by atoms with Crippen molar-refractivity contribution in [3.05, 3.63) is 71.9 Å². The summed E-state index contributed by atoms with van der Waals surface area (Å²) in [5, 5.41) is 4.07. The van der Waals surface area contributed by atoms with Gasteiger partial charge in [-0.05, 0) is 74.8 Å². The second kappa shape index (κ2) is 16.8. The number of hydrogen-bond acceptors (Lipinski definition) is 10. The van der Waals surface area contributed by atoms with Crippen LogP contribution in [0.1, 0.15) is 37.7 Å². The number of likely N-dealkylation sites (tertiary alicyclic amines) is 1. The number of aromatic nitrogens is 2. The molecular weight excluding hydrogens is 684 g/mol. The average molecular weight is 722 g/mol. The van der Waals surface area contributed by atoms with Crippen LogP contribution < -0.4 is 15.4 Å². The van der Waals surface area contributed by atoms with Crippen molar-refractivity contribution in [2.45, 2.75) is 43.9 Å². The van der Waals surface area contributed by atoms with Crippen LogP contribution in [0.2, 0.25) is 5.02 Å². The van der Waals surface area contributed by atoms with Gasteiger partial charge in [-0.2, -0.15) is 0 Å². The van der Waals surface area contributed by atoms with Crippen LogP contribution in [-0.4, -0.2) is 77.8 Å². The standard InChI is InChI=1S/C31H38ClN5O9P2/c1-2-24(38)17-21-8-6-9-22(16-21)30-25(32)20-34-31(36-30)35-23-10-11-27(46-28(39)19-29(47(40,41)42)48(43,44)45)26(18-23)33-12-7-15-37-13-4-3-5-14-37/h2,6,8-11,16,18,20,29,33H,1,3-5,7,12-15,17,19H2,(H,34,35,36)(H2,40,41,42)(H2,43,44,45). The van der Waals surface area contributed by atoms with E-state index in [1.54, 1.807) is 30.3 Å². The van der Waals surface area contributed by atoms with Gasteiger partial charge in [0.2, 0.25) is 5.95 Å². The number of carbonyl (C=O) groups is 2. The van der Waals surface area contributed by atoms with Crippen molar-refractivity contribution in [1.82, 2.24) is 14.9 Å². The quantitative estimate of drug-likeness (QED) is 0.0374. The molecule has 17 heteroatoms. The molecule has 1 aromatic heterocycles. The van der Waals surface area contributed by atoms with Crippen LogP contribution in [0.25, 0.3) is 11.3 Å². The summed E-state index contributed by atoms with van der Waals surface area (Å²) in [7, 11) is -10.7. The number of nitrogens with zero attached hydrogens (tertiary/aromatic N) is 3. The van der Waals surface area contributed by atoms with Gasteiger partial charge in [-0.3, -0.25) is 18.7 Å². The summed E-state index contributed by atoms with van der Waals surface area (Å²) < 4.78 is 28.7. The highest BCUT2D eigenvalue weighted by atomic mass is 35.5. The Kier molecular flexibility index (Phi) is 13.1. The molecule has 0 unspecified atom stereocenters. The Morgan fingerprint density at radius 1 is 1.06 bits per heavy atom. The van der Waals surface area contributed by atoms with Gasteiger partial charge in [0, 0.05) is 24.2 Å². The van der Waals surface area contributed by atoms with Gasteiger partial charge in [-0.25, -0.2) is 9.97 Å². The number of ketones is 1. The summed E-state index contributed by atoms with van der Waals surface area (Å²) in [5.41, 5.74) is 2.67. The van der Waals surface area contributed by atoms with E-state index in [4.69, 9.17) is 16.3 Å². The normalized spacial score (nSPS) is 14.0.